The first kappa shape index (κ1) is 18.5. The van der Waals surface area contributed by atoms with Gasteiger partial charge in [-0.05, 0) is 36.8 Å². The van der Waals surface area contributed by atoms with E-state index in [4.69, 9.17) is 11.6 Å². The zero-order valence-electron chi connectivity index (χ0n) is 15.5. The van der Waals surface area contributed by atoms with Crippen molar-refractivity contribution in [3.05, 3.63) is 65.1 Å². The number of hydrogen-bond acceptors (Lipinski definition) is 2. The number of carbonyl (C=O) groups is 1. The molecule has 1 saturated heterocycles. The first-order chi connectivity index (χ1) is 13.5. The van der Waals surface area contributed by atoms with Gasteiger partial charge < -0.3 is 15.1 Å². The molecule has 3 aromatic rings. The Bertz CT molecular complexity index is 1030. The average Bonchev–Trinajstić information content (AvgIpc) is 2.70. The zero-order valence-corrected chi connectivity index (χ0v) is 16.3. The number of aryl methyl sites for hydroxylation is 1. The third kappa shape index (κ3) is 3.73. The first-order valence-electron chi connectivity index (χ1n) is 9.18. The molecule has 144 valence electrons. The van der Waals surface area contributed by atoms with Crippen LogP contribution in [0.5, 0.6) is 0 Å². The predicted octanol–water partition coefficient (Wildman–Crippen LogP) is 4.11. The first-order valence-corrected chi connectivity index (χ1v) is 9.56. The van der Waals surface area contributed by atoms with Gasteiger partial charge >= 0.3 is 6.03 Å². The lowest BCUT2D eigenvalue weighted by Crippen LogP contribution is -2.50. The summed E-state index contributed by atoms with van der Waals surface area (Å²) in [5.74, 6) is -0.362. The molecule has 1 aliphatic rings. The van der Waals surface area contributed by atoms with Gasteiger partial charge in [0.15, 0.2) is 6.20 Å². The molecule has 0 spiro atoms. The smallest absolute Gasteiger partial charge is 0.321 e. The van der Waals surface area contributed by atoms with Gasteiger partial charge in [0, 0.05) is 49.0 Å². The Morgan fingerprint density at radius 1 is 1.11 bits per heavy atom. The number of H-pyrrole nitrogens is 1. The van der Waals surface area contributed by atoms with Gasteiger partial charge in [-0.25, -0.2) is 14.2 Å². The lowest BCUT2D eigenvalue weighted by atomic mass is 10.1. The second kappa shape index (κ2) is 7.64. The topological polar surface area (TPSA) is 49.7 Å². The third-order valence-corrected chi connectivity index (χ3v) is 5.32. The summed E-state index contributed by atoms with van der Waals surface area (Å²) in [5, 5.41) is 4.61. The van der Waals surface area contributed by atoms with Gasteiger partial charge in [0.05, 0.1) is 11.1 Å². The van der Waals surface area contributed by atoms with E-state index >= 15 is 0 Å². The maximum atomic E-state index is 13.4. The number of fused-ring (bicyclic) bond motifs is 1. The number of nitrogens with one attached hydrogen (secondary N) is 2. The number of carbonyl (C=O) groups excluding carboxylic acids is 1. The van der Waals surface area contributed by atoms with Crippen LogP contribution in [0.1, 0.15) is 5.56 Å². The lowest BCUT2D eigenvalue weighted by Gasteiger charge is -2.36. The SMILES string of the molecule is Cc1ccc(F)cc1NC(=O)N1CCN(c2cc[nH+]c3cc(Cl)ccc23)CC1. The highest BCUT2D eigenvalue weighted by Crippen LogP contribution is 2.27. The highest BCUT2D eigenvalue weighted by molar-refractivity contribution is 6.31. The lowest BCUT2D eigenvalue weighted by molar-refractivity contribution is -0.344. The molecule has 0 bridgehead atoms. The number of aromatic amines is 1. The fourth-order valence-corrected chi connectivity index (χ4v) is 3.68. The molecule has 2 heterocycles. The van der Waals surface area contributed by atoms with Gasteiger partial charge in [-0.15, -0.1) is 0 Å². The molecule has 0 radical (unpaired) electrons. The van der Waals surface area contributed by atoms with E-state index in [-0.39, 0.29) is 11.8 Å². The molecule has 0 unspecified atom stereocenters. The number of benzene rings is 2. The quantitative estimate of drug-likeness (QED) is 0.705. The molecule has 2 aromatic carbocycles. The van der Waals surface area contributed by atoms with Crippen molar-refractivity contribution in [3.8, 4) is 0 Å². The molecule has 2 amide bonds. The number of rotatable bonds is 2. The summed E-state index contributed by atoms with van der Waals surface area (Å²) in [6, 6.07) is 12.0. The van der Waals surface area contributed by atoms with Gasteiger partial charge in [0.25, 0.3) is 0 Å². The van der Waals surface area contributed by atoms with E-state index in [1.54, 1.807) is 11.0 Å². The monoisotopic (exact) mass is 399 g/mol. The number of anilines is 2. The predicted molar refractivity (Wildman–Crippen MR) is 109 cm³/mol. The van der Waals surface area contributed by atoms with Crippen LogP contribution in [0, 0.1) is 12.7 Å². The summed E-state index contributed by atoms with van der Waals surface area (Å²) in [7, 11) is 0. The van der Waals surface area contributed by atoms with E-state index in [0.29, 0.717) is 23.8 Å². The Morgan fingerprint density at radius 3 is 2.68 bits per heavy atom. The van der Waals surface area contributed by atoms with Crippen molar-refractivity contribution in [2.45, 2.75) is 6.92 Å². The fraction of sp³-hybridized carbons (Fsp3) is 0.238. The van der Waals surface area contributed by atoms with Gasteiger partial charge in [0.2, 0.25) is 5.52 Å². The summed E-state index contributed by atoms with van der Waals surface area (Å²) in [6.45, 7) is 4.47. The molecule has 28 heavy (non-hydrogen) atoms. The minimum Gasteiger partial charge on any atom is -0.367 e. The Kier molecular flexibility index (Phi) is 5.05. The minimum absolute atomic E-state index is 0.202. The standard InChI is InChI=1S/C21H20ClFN4O/c1-14-2-4-16(23)13-18(14)25-21(28)27-10-8-26(9-11-27)20-6-7-24-19-12-15(22)3-5-17(19)20/h2-7,12-13H,8-11H2,1H3,(H,25,28)/p+1. The Balaban J connectivity index is 1.45. The normalized spacial score (nSPS) is 14.4. The van der Waals surface area contributed by atoms with Gasteiger partial charge in [0.1, 0.15) is 5.82 Å². The van der Waals surface area contributed by atoms with Crippen LogP contribution in [0.2, 0.25) is 5.02 Å². The maximum absolute atomic E-state index is 13.4. The van der Waals surface area contributed by atoms with Crippen LogP contribution >= 0.6 is 11.6 Å². The van der Waals surface area contributed by atoms with Crippen molar-refractivity contribution in [2.24, 2.45) is 0 Å². The van der Waals surface area contributed by atoms with E-state index in [1.807, 2.05) is 37.4 Å². The summed E-state index contributed by atoms with van der Waals surface area (Å²) in [4.78, 5) is 19.8. The van der Waals surface area contributed by atoms with Crippen LogP contribution in [0.15, 0.2) is 48.7 Å². The number of halogens is 2. The van der Waals surface area contributed by atoms with E-state index in [2.05, 4.69) is 15.2 Å². The van der Waals surface area contributed by atoms with Gasteiger partial charge in [-0.1, -0.05) is 17.7 Å². The number of nitrogens with zero attached hydrogens (tertiary/aromatic N) is 2. The third-order valence-electron chi connectivity index (χ3n) is 5.09. The molecule has 0 saturated carbocycles. The largest absolute Gasteiger partial charge is 0.367 e. The molecule has 5 nitrogen and oxygen atoms in total. The highest BCUT2D eigenvalue weighted by atomic mass is 35.5. The summed E-state index contributed by atoms with van der Waals surface area (Å²) in [5.41, 5.74) is 3.44. The molecule has 4 rings (SSSR count). The van der Waals surface area contributed by atoms with Crippen molar-refractivity contribution in [1.82, 2.24) is 4.90 Å². The zero-order chi connectivity index (χ0) is 19.7. The number of piperazine rings is 1. The Labute approximate surface area is 167 Å². The minimum atomic E-state index is -0.362. The molecule has 7 heteroatoms. The molecule has 0 atom stereocenters. The van der Waals surface area contributed by atoms with Crippen molar-refractivity contribution in [2.75, 3.05) is 36.4 Å². The van der Waals surface area contributed by atoms with Crippen LogP contribution < -0.4 is 15.2 Å². The summed E-state index contributed by atoms with van der Waals surface area (Å²) in [6.07, 6.45) is 1.90. The maximum Gasteiger partial charge on any atom is 0.321 e. The van der Waals surface area contributed by atoms with Crippen LogP contribution in [0.3, 0.4) is 0 Å². The van der Waals surface area contributed by atoms with Crippen molar-refractivity contribution in [1.29, 1.82) is 0 Å². The molecule has 1 aliphatic heterocycles. The van der Waals surface area contributed by atoms with Crippen LogP contribution in [-0.2, 0) is 0 Å². The number of urea groups is 1. The number of hydrogen-bond donors (Lipinski definition) is 1. The van der Waals surface area contributed by atoms with Crippen molar-refractivity contribution < 1.29 is 14.2 Å². The Morgan fingerprint density at radius 2 is 1.89 bits per heavy atom. The van der Waals surface area contributed by atoms with Crippen molar-refractivity contribution >= 4 is 39.9 Å². The molecule has 0 aliphatic carbocycles. The second-order valence-corrected chi connectivity index (χ2v) is 7.35. The summed E-state index contributed by atoms with van der Waals surface area (Å²) >= 11 is 6.09. The Hall–Kier alpha value is -2.86. The van der Waals surface area contributed by atoms with E-state index in [0.717, 1.165) is 35.2 Å². The molecular weight excluding hydrogens is 379 g/mol. The van der Waals surface area contributed by atoms with Crippen LogP contribution in [-0.4, -0.2) is 37.1 Å². The summed E-state index contributed by atoms with van der Waals surface area (Å²) < 4.78 is 13.4. The number of aromatic nitrogens is 1. The fourth-order valence-electron chi connectivity index (χ4n) is 3.51. The number of pyridine rings is 1. The van der Waals surface area contributed by atoms with Crippen LogP contribution in [0.4, 0.5) is 20.6 Å². The van der Waals surface area contributed by atoms with Gasteiger partial charge in [-0.2, -0.15) is 0 Å². The molecular formula is C21H21ClFN4O+. The number of amides is 2. The highest BCUT2D eigenvalue weighted by Gasteiger charge is 2.23. The average molecular weight is 400 g/mol. The van der Waals surface area contributed by atoms with E-state index in [9.17, 15) is 9.18 Å². The van der Waals surface area contributed by atoms with Crippen LogP contribution in [0.25, 0.3) is 10.9 Å². The molecule has 2 N–H and O–H groups in total. The van der Waals surface area contributed by atoms with Gasteiger partial charge in [-0.3, -0.25) is 0 Å². The van der Waals surface area contributed by atoms with E-state index < -0.39 is 0 Å². The molecule has 1 fully saturated rings. The second-order valence-electron chi connectivity index (χ2n) is 6.92. The van der Waals surface area contributed by atoms with Crippen molar-refractivity contribution in [3.63, 3.8) is 0 Å². The van der Waals surface area contributed by atoms with E-state index in [1.165, 1.54) is 12.1 Å². The molecule has 1 aromatic heterocycles.